The first-order chi connectivity index (χ1) is 9.97. The monoisotopic (exact) mass is 358 g/mol. The van der Waals surface area contributed by atoms with E-state index in [0.29, 0.717) is 10.0 Å². The van der Waals surface area contributed by atoms with Gasteiger partial charge in [-0.2, -0.15) is 5.10 Å². The number of aromatic hydroxyl groups is 1. The minimum absolute atomic E-state index is 0.0174. The van der Waals surface area contributed by atoms with Gasteiger partial charge in [0.25, 0.3) is 0 Å². The van der Waals surface area contributed by atoms with Crippen molar-refractivity contribution in [1.29, 1.82) is 0 Å². The van der Waals surface area contributed by atoms with Crippen molar-refractivity contribution in [2.24, 2.45) is 10.9 Å². The third-order valence-electron chi connectivity index (χ3n) is 2.41. The van der Waals surface area contributed by atoms with Crippen molar-refractivity contribution in [3.05, 3.63) is 22.2 Å². The van der Waals surface area contributed by atoms with E-state index in [1.807, 2.05) is 5.43 Å². The van der Waals surface area contributed by atoms with Gasteiger partial charge < -0.3 is 9.84 Å². The van der Waals surface area contributed by atoms with Crippen LogP contribution in [0.3, 0.4) is 0 Å². The van der Waals surface area contributed by atoms with Crippen LogP contribution >= 0.6 is 15.9 Å². The summed E-state index contributed by atoms with van der Waals surface area (Å²) in [6.45, 7) is 0. The van der Waals surface area contributed by atoms with E-state index in [1.165, 1.54) is 13.3 Å². The van der Waals surface area contributed by atoms with Gasteiger partial charge in [-0.05, 0) is 33.6 Å². The summed E-state index contributed by atoms with van der Waals surface area (Å²) in [7, 11) is 1.42. The lowest BCUT2D eigenvalue weighted by molar-refractivity contribution is -0.126. The molecule has 5 N–H and O–H groups in total. The molecule has 0 radical (unpaired) electrons. The zero-order valence-electron chi connectivity index (χ0n) is 11.2. The Bertz CT molecular complexity index is 562. The average molecular weight is 359 g/mol. The summed E-state index contributed by atoms with van der Waals surface area (Å²) in [4.78, 5) is 22.2. The SMILES string of the molecule is COc1cc(/C=N/NC(=O)CCC(=O)NN)cc(Br)c1O. The lowest BCUT2D eigenvalue weighted by Gasteiger charge is -2.06. The molecule has 0 atom stereocenters. The van der Waals surface area contributed by atoms with E-state index >= 15 is 0 Å². The smallest absolute Gasteiger partial charge is 0.240 e. The molecule has 0 unspecified atom stereocenters. The number of hydrogen-bond donors (Lipinski definition) is 4. The van der Waals surface area contributed by atoms with Crippen molar-refractivity contribution in [1.82, 2.24) is 10.9 Å². The Kier molecular flexibility index (Phi) is 6.63. The Morgan fingerprint density at radius 1 is 1.43 bits per heavy atom. The van der Waals surface area contributed by atoms with E-state index in [-0.39, 0.29) is 24.3 Å². The van der Waals surface area contributed by atoms with Crippen molar-refractivity contribution < 1.29 is 19.4 Å². The molecule has 0 heterocycles. The van der Waals surface area contributed by atoms with E-state index in [0.717, 1.165) is 0 Å². The number of phenolic OH excluding ortho intramolecular Hbond substituents is 1. The molecule has 0 saturated heterocycles. The molecule has 0 aromatic heterocycles. The molecule has 0 aliphatic carbocycles. The van der Waals surface area contributed by atoms with Crippen molar-refractivity contribution in [3.8, 4) is 11.5 Å². The summed E-state index contributed by atoms with van der Waals surface area (Å²) in [6, 6.07) is 3.16. The number of phenols is 1. The molecule has 0 aliphatic rings. The van der Waals surface area contributed by atoms with Gasteiger partial charge in [0, 0.05) is 12.8 Å². The molecule has 0 saturated carbocycles. The van der Waals surface area contributed by atoms with Crippen molar-refractivity contribution in [2.45, 2.75) is 12.8 Å². The molecule has 0 spiro atoms. The Hall–Kier alpha value is -2.13. The minimum Gasteiger partial charge on any atom is -0.503 e. The molecule has 114 valence electrons. The van der Waals surface area contributed by atoms with E-state index in [9.17, 15) is 14.7 Å². The minimum atomic E-state index is -0.429. The highest BCUT2D eigenvalue weighted by Crippen LogP contribution is 2.34. The number of hydrazine groups is 1. The first-order valence-electron chi connectivity index (χ1n) is 5.85. The second-order valence-corrected chi connectivity index (χ2v) is 4.77. The first-order valence-corrected chi connectivity index (χ1v) is 6.65. The Balaban J connectivity index is 2.59. The van der Waals surface area contributed by atoms with Crippen LogP contribution in [0.4, 0.5) is 0 Å². The normalized spacial score (nSPS) is 10.4. The standard InChI is InChI=1S/C12H15BrN4O4/c1-21-9-5-7(4-8(13)12(9)20)6-15-17-11(19)3-2-10(18)16-14/h4-6,20H,2-3,14H2,1H3,(H,16,18)(H,17,19)/b15-6+. The van der Waals surface area contributed by atoms with Crippen LogP contribution in [-0.4, -0.2) is 30.2 Å². The van der Waals surface area contributed by atoms with Crippen molar-refractivity contribution in [3.63, 3.8) is 0 Å². The van der Waals surface area contributed by atoms with Crippen LogP contribution in [0, 0.1) is 0 Å². The number of amides is 2. The number of nitrogens with two attached hydrogens (primary N) is 1. The lowest BCUT2D eigenvalue weighted by atomic mass is 10.2. The second kappa shape index (κ2) is 8.22. The molecule has 1 aromatic carbocycles. The highest BCUT2D eigenvalue weighted by atomic mass is 79.9. The molecule has 8 nitrogen and oxygen atoms in total. The van der Waals surface area contributed by atoms with E-state index in [2.05, 4.69) is 26.5 Å². The highest BCUT2D eigenvalue weighted by molar-refractivity contribution is 9.10. The molecule has 0 aliphatic heterocycles. The van der Waals surface area contributed by atoms with Crippen molar-refractivity contribution >= 4 is 34.0 Å². The Morgan fingerprint density at radius 2 is 2.10 bits per heavy atom. The van der Waals surface area contributed by atoms with E-state index in [1.54, 1.807) is 12.1 Å². The number of methoxy groups -OCH3 is 1. The van der Waals surface area contributed by atoms with Crippen LogP contribution in [0.2, 0.25) is 0 Å². The van der Waals surface area contributed by atoms with Crippen LogP contribution in [0.15, 0.2) is 21.7 Å². The Morgan fingerprint density at radius 3 is 2.71 bits per heavy atom. The molecule has 0 bridgehead atoms. The summed E-state index contributed by atoms with van der Waals surface area (Å²) >= 11 is 3.17. The summed E-state index contributed by atoms with van der Waals surface area (Å²) in [5, 5.41) is 13.4. The molecule has 0 fully saturated rings. The van der Waals surface area contributed by atoms with Crippen LogP contribution in [-0.2, 0) is 9.59 Å². The second-order valence-electron chi connectivity index (χ2n) is 3.91. The number of nitrogens with zero attached hydrogens (tertiary/aromatic N) is 1. The van der Waals surface area contributed by atoms with Gasteiger partial charge in [0.05, 0.1) is 17.8 Å². The number of carbonyl (C=O) groups excluding carboxylic acids is 2. The molecule has 21 heavy (non-hydrogen) atoms. The number of nitrogens with one attached hydrogen (secondary N) is 2. The third-order valence-corrected chi connectivity index (χ3v) is 3.02. The third kappa shape index (κ3) is 5.40. The number of benzene rings is 1. The zero-order valence-corrected chi connectivity index (χ0v) is 12.8. The summed E-state index contributed by atoms with van der Waals surface area (Å²) in [5.74, 6) is 4.30. The topological polar surface area (TPSA) is 126 Å². The predicted molar refractivity (Wildman–Crippen MR) is 79.7 cm³/mol. The summed E-state index contributed by atoms with van der Waals surface area (Å²) in [5.41, 5.74) is 4.81. The summed E-state index contributed by atoms with van der Waals surface area (Å²) in [6.07, 6.45) is 1.34. The van der Waals surface area contributed by atoms with Gasteiger partial charge in [0.2, 0.25) is 11.8 Å². The van der Waals surface area contributed by atoms with Crippen LogP contribution in [0.5, 0.6) is 11.5 Å². The fourth-order valence-electron chi connectivity index (χ4n) is 1.36. The van der Waals surface area contributed by atoms with E-state index in [4.69, 9.17) is 10.6 Å². The van der Waals surface area contributed by atoms with Gasteiger partial charge in [0.15, 0.2) is 11.5 Å². The van der Waals surface area contributed by atoms with Crippen LogP contribution < -0.4 is 21.4 Å². The maximum atomic E-state index is 11.4. The maximum Gasteiger partial charge on any atom is 0.240 e. The van der Waals surface area contributed by atoms with Gasteiger partial charge >= 0.3 is 0 Å². The molecular weight excluding hydrogens is 344 g/mol. The number of hydrazone groups is 1. The highest BCUT2D eigenvalue weighted by Gasteiger charge is 2.08. The quantitative estimate of drug-likeness (QED) is 0.253. The molecule has 2 amide bonds. The number of rotatable bonds is 6. The first kappa shape index (κ1) is 16.9. The fourth-order valence-corrected chi connectivity index (χ4v) is 1.82. The van der Waals surface area contributed by atoms with E-state index < -0.39 is 11.8 Å². The number of ether oxygens (including phenoxy) is 1. The zero-order chi connectivity index (χ0) is 15.8. The van der Waals surface area contributed by atoms with Gasteiger partial charge in [-0.15, -0.1) is 0 Å². The molecule has 1 rings (SSSR count). The summed E-state index contributed by atoms with van der Waals surface area (Å²) < 4.78 is 5.42. The van der Waals surface area contributed by atoms with Crippen LogP contribution in [0.1, 0.15) is 18.4 Å². The van der Waals surface area contributed by atoms with Crippen molar-refractivity contribution in [2.75, 3.05) is 7.11 Å². The lowest BCUT2D eigenvalue weighted by Crippen LogP contribution is -2.31. The van der Waals surface area contributed by atoms with Crippen LogP contribution in [0.25, 0.3) is 0 Å². The van der Waals surface area contributed by atoms with Gasteiger partial charge in [-0.3, -0.25) is 15.0 Å². The molecule has 1 aromatic rings. The number of halogens is 1. The fraction of sp³-hybridized carbons (Fsp3) is 0.250. The number of hydrogen-bond acceptors (Lipinski definition) is 6. The van der Waals surface area contributed by atoms with Gasteiger partial charge in [0.1, 0.15) is 0 Å². The largest absolute Gasteiger partial charge is 0.503 e. The Labute approximate surface area is 129 Å². The predicted octanol–water partition coefficient (Wildman–Crippen LogP) is 0.384. The maximum absolute atomic E-state index is 11.4. The molecular formula is C12H15BrN4O4. The molecule has 9 heteroatoms. The van der Waals surface area contributed by atoms with Gasteiger partial charge in [-0.25, -0.2) is 11.3 Å². The number of carbonyl (C=O) groups is 2. The van der Waals surface area contributed by atoms with Gasteiger partial charge in [-0.1, -0.05) is 0 Å². The average Bonchev–Trinajstić information content (AvgIpc) is 2.48.